The molecule has 0 amide bonds. The fraction of sp³-hybridized carbons (Fsp3) is 0.0909. The zero-order valence-corrected chi connectivity index (χ0v) is 8.66. The minimum atomic E-state index is 0.881. The van der Waals surface area contributed by atoms with Gasteiger partial charge in [-0.05, 0) is 12.5 Å². The van der Waals surface area contributed by atoms with Gasteiger partial charge in [0.25, 0.3) is 0 Å². The lowest BCUT2D eigenvalue weighted by Gasteiger charge is -2.03. The molecule has 0 bridgehead atoms. The Bertz CT molecular complexity index is 742. The number of allylic oxidation sites excluding steroid dienone is 4. The highest BCUT2D eigenvalue weighted by Crippen LogP contribution is 2.22. The van der Waals surface area contributed by atoms with Gasteiger partial charge >= 0.3 is 0 Å². The van der Waals surface area contributed by atoms with E-state index in [4.69, 9.17) is 0 Å². The van der Waals surface area contributed by atoms with Crippen LogP contribution in [-0.2, 0) is 0 Å². The Morgan fingerprint density at radius 2 is 2.40 bits per heavy atom. The summed E-state index contributed by atoms with van der Waals surface area (Å²) in [5.74, 6) is 0. The lowest BCUT2D eigenvalue weighted by molar-refractivity contribution is 1.14. The number of nitrogens with zero attached hydrogens (tertiary/aromatic N) is 3. The third-order valence-corrected chi connectivity index (χ3v) is 3.53. The van der Waals surface area contributed by atoms with Crippen LogP contribution in [0.4, 0.5) is 0 Å². The number of aromatic nitrogens is 2. The first kappa shape index (κ1) is 7.59. The van der Waals surface area contributed by atoms with Crippen molar-refractivity contribution in [2.24, 2.45) is 4.99 Å². The maximum Gasteiger partial charge on any atom is 0.196 e. The third-order valence-electron chi connectivity index (χ3n) is 2.78. The van der Waals surface area contributed by atoms with Crippen LogP contribution < -0.4 is 10.8 Å². The lowest BCUT2D eigenvalue weighted by Crippen LogP contribution is -2.25. The summed E-state index contributed by atoms with van der Waals surface area (Å²) in [4.78, 5) is 10.1. The minimum Gasteiger partial charge on any atom is -0.288 e. The topological polar surface area (TPSA) is 29.7 Å². The summed E-state index contributed by atoms with van der Waals surface area (Å²) in [5.41, 5.74) is 3.26. The molecule has 0 N–H and O–H groups in total. The predicted octanol–water partition coefficient (Wildman–Crippen LogP) is 1.02. The number of rotatable bonds is 0. The Labute approximate surface area is 89.4 Å². The Hall–Kier alpha value is -1.68. The van der Waals surface area contributed by atoms with Gasteiger partial charge in [0.05, 0.1) is 11.0 Å². The van der Waals surface area contributed by atoms with Crippen molar-refractivity contribution in [3.63, 3.8) is 0 Å². The number of fused-ring (bicyclic) bond motifs is 4. The van der Waals surface area contributed by atoms with Crippen LogP contribution >= 0.6 is 11.3 Å². The van der Waals surface area contributed by atoms with Crippen LogP contribution in [0.25, 0.3) is 10.5 Å². The van der Waals surface area contributed by atoms with Crippen LogP contribution in [0.3, 0.4) is 0 Å². The molecule has 0 fully saturated rings. The van der Waals surface area contributed by atoms with Crippen LogP contribution in [0.5, 0.6) is 0 Å². The van der Waals surface area contributed by atoms with Gasteiger partial charge in [-0.2, -0.15) is 4.98 Å². The van der Waals surface area contributed by atoms with E-state index in [1.807, 2.05) is 0 Å². The average Bonchev–Trinajstić information content (AvgIpc) is 2.85. The highest BCUT2D eigenvalue weighted by Gasteiger charge is 2.17. The number of thiazole rings is 1. The molecule has 0 saturated heterocycles. The fourth-order valence-electron chi connectivity index (χ4n) is 2.12. The van der Waals surface area contributed by atoms with Gasteiger partial charge in [-0.15, -0.1) is 11.3 Å². The van der Waals surface area contributed by atoms with E-state index in [1.54, 1.807) is 11.3 Å². The van der Waals surface area contributed by atoms with E-state index in [2.05, 4.69) is 44.2 Å². The molecule has 72 valence electrons. The zero-order chi connectivity index (χ0) is 9.83. The fourth-order valence-corrected chi connectivity index (χ4v) is 2.83. The molecule has 1 aliphatic heterocycles. The van der Waals surface area contributed by atoms with Crippen molar-refractivity contribution >= 4 is 21.9 Å². The normalized spacial score (nSPS) is 17.6. The molecule has 0 radical (unpaired) electrons. The van der Waals surface area contributed by atoms with Crippen LogP contribution in [0.1, 0.15) is 6.42 Å². The second-order valence-corrected chi connectivity index (χ2v) is 4.49. The summed E-state index contributed by atoms with van der Waals surface area (Å²) in [5, 5.41) is 3.24. The molecule has 3 heterocycles. The summed E-state index contributed by atoms with van der Waals surface area (Å²) in [6.45, 7) is 0. The monoisotopic (exact) mass is 213 g/mol. The Morgan fingerprint density at radius 1 is 1.40 bits per heavy atom. The van der Waals surface area contributed by atoms with E-state index in [9.17, 15) is 0 Å². The van der Waals surface area contributed by atoms with Gasteiger partial charge in [0, 0.05) is 17.2 Å². The standard InChI is InChI=1S/C11H7N3S/c1-2-4-8-7(3-1)9-10(12-8)13-11-14(9)5-6-15-11/h1-2,4-6H,3H2. The van der Waals surface area contributed by atoms with Crippen LogP contribution in [-0.4, -0.2) is 9.38 Å². The van der Waals surface area contributed by atoms with Crippen molar-refractivity contribution in [2.75, 3.05) is 0 Å². The molecule has 2 aromatic heterocycles. The quantitative estimate of drug-likeness (QED) is 0.642. The van der Waals surface area contributed by atoms with E-state index in [0.717, 1.165) is 22.6 Å². The number of imidazole rings is 1. The Balaban J connectivity index is 2.29. The smallest absolute Gasteiger partial charge is 0.196 e. The average molecular weight is 213 g/mol. The summed E-state index contributed by atoms with van der Waals surface area (Å²) >= 11 is 1.65. The van der Waals surface area contributed by atoms with Crippen molar-refractivity contribution in [3.8, 4) is 0 Å². The van der Waals surface area contributed by atoms with Crippen molar-refractivity contribution < 1.29 is 0 Å². The van der Waals surface area contributed by atoms with Crippen LogP contribution in [0, 0.1) is 0 Å². The molecule has 15 heavy (non-hydrogen) atoms. The second-order valence-electron chi connectivity index (χ2n) is 3.61. The van der Waals surface area contributed by atoms with Gasteiger partial charge in [0.1, 0.15) is 0 Å². The molecular weight excluding hydrogens is 206 g/mol. The van der Waals surface area contributed by atoms with Gasteiger partial charge in [-0.1, -0.05) is 12.2 Å². The molecule has 0 atom stereocenters. The first-order valence-corrected chi connectivity index (χ1v) is 5.72. The molecule has 0 unspecified atom stereocenters. The Kier molecular flexibility index (Phi) is 1.25. The van der Waals surface area contributed by atoms with Gasteiger partial charge < -0.3 is 0 Å². The van der Waals surface area contributed by atoms with Gasteiger partial charge in [0.2, 0.25) is 0 Å². The van der Waals surface area contributed by atoms with E-state index < -0.39 is 0 Å². The molecule has 0 aromatic carbocycles. The number of hydrogen-bond donors (Lipinski definition) is 0. The summed E-state index contributed by atoms with van der Waals surface area (Å²) in [6, 6.07) is 0. The molecule has 4 heteroatoms. The van der Waals surface area contributed by atoms with Crippen molar-refractivity contribution in [1.29, 1.82) is 0 Å². The first-order chi connectivity index (χ1) is 7.43. The molecule has 4 rings (SSSR count). The largest absolute Gasteiger partial charge is 0.288 e. The highest BCUT2D eigenvalue weighted by molar-refractivity contribution is 7.15. The van der Waals surface area contributed by atoms with E-state index in [0.29, 0.717) is 0 Å². The minimum absolute atomic E-state index is 0.881. The molecule has 0 spiro atoms. The van der Waals surface area contributed by atoms with Crippen LogP contribution in [0.2, 0.25) is 0 Å². The zero-order valence-electron chi connectivity index (χ0n) is 7.84. The van der Waals surface area contributed by atoms with Gasteiger partial charge in [0.15, 0.2) is 10.4 Å². The van der Waals surface area contributed by atoms with Crippen molar-refractivity contribution in [2.45, 2.75) is 6.42 Å². The Morgan fingerprint density at radius 3 is 3.40 bits per heavy atom. The number of hydrogen-bond acceptors (Lipinski definition) is 3. The second kappa shape index (κ2) is 2.46. The van der Waals surface area contributed by atoms with Gasteiger partial charge in [-0.25, -0.2) is 4.99 Å². The lowest BCUT2D eigenvalue weighted by atomic mass is 10.1. The molecule has 1 aliphatic carbocycles. The summed E-state index contributed by atoms with van der Waals surface area (Å²) in [7, 11) is 0. The van der Waals surface area contributed by atoms with E-state index >= 15 is 0 Å². The van der Waals surface area contributed by atoms with Gasteiger partial charge in [-0.3, -0.25) is 4.40 Å². The summed E-state index contributed by atoms with van der Waals surface area (Å²) < 4.78 is 2.14. The van der Waals surface area contributed by atoms with Crippen molar-refractivity contribution in [1.82, 2.24) is 9.38 Å². The third kappa shape index (κ3) is 0.849. The molecular formula is C11H7N3S. The van der Waals surface area contributed by atoms with E-state index in [-0.39, 0.29) is 0 Å². The predicted molar refractivity (Wildman–Crippen MR) is 59.1 cm³/mol. The molecule has 0 saturated carbocycles. The summed E-state index contributed by atoms with van der Waals surface area (Å²) in [6.07, 6.45) is 9.31. The highest BCUT2D eigenvalue weighted by atomic mass is 32.1. The molecule has 2 aromatic rings. The maximum atomic E-state index is 4.53. The van der Waals surface area contributed by atoms with E-state index in [1.165, 1.54) is 10.9 Å². The van der Waals surface area contributed by atoms with Crippen LogP contribution in [0.15, 0.2) is 40.5 Å². The van der Waals surface area contributed by atoms with Crippen molar-refractivity contribution in [3.05, 3.63) is 46.3 Å². The maximum absolute atomic E-state index is 4.53. The molecule has 3 nitrogen and oxygen atoms in total. The molecule has 2 aliphatic rings. The first-order valence-electron chi connectivity index (χ1n) is 4.84. The SMILES string of the molecule is C1=CCC2=c3c(nc4sccn34)=NC2=C1.